The van der Waals surface area contributed by atoms with Crippen LogP contribution < -0.4 is 4.74 Å². The topological polar surface area (TPSA) is 22.1 Å². The van der Waals surface area contributed by atoms with E-state index in [9.17, 15) is 30.7 Å². The SMILES string of the molecule is CC(F)(F)F.Cc1c(Cl)cccc1Cl.Cc1c(Cl)cncc1Cl.Cc1c(F)cccc1Cl.Cc1cccc(Cl)c1C.Cc1ccccc1.Cc1ccccc1Cl.Cc1ccccc1OC(F)(F)F. The van der Waals surface area contributed by atoms with Crippen LogP contribution in [-0.4, -0.2) is 17.5 Å². The van der Waals surface area contributed by atoms with Crippen molar-refractivity contribution in [3.8, 4) is 5.75 Å². The number of rotatable bonds is 1. The van der Waals surface area contributed by atoms with Crippen molar-refractivity contribution >= 4 is 81.2 Å². The van der Waals surface area contributed by atoms with Crippen molar-refractivity contribution in [1.82, 2.24) is 4.98 Å². The van der Waals surface area contributed by atoms with Gasteiger partial charge in [0.1, 0.15) is 11.6 Å². The van der Waals surface area contributed by atoms with Crippen molar-refractivity contribution in [2.45, 2.75) is 74.9 Å². The lowest BCUT2D eigenvalue weighted by Gasteiger charge is -2.10. The van der Waals surface area contributed by atoms with Crippen LogP contribution in [0.5, 0.6) is 5.75 Å². The molecule has 7 rings (SSSR count). The van der Waals surface area contributed by atoms with Gasteiger partial charge in [0.2, 0.25) is 0 Å². The Morgan fingerprint density at radius 2 is 0.735 bits per heavy atom. The van der Waals surface area contributed by atoms with Crippen molar-refractivity contribution in [2.75, 3.05) is 0 Å². The van der Waals surface area contributed by atoms with Gasteiger partial charge in [-0.2, -0.15) is 13.2 Å². The van der Waals surface area contributed by atoms with Crippen LogP contribution in [0.2, 0.25) is 35.2 Å². The van der Waals surface area contributed by atoms with Gasteiger partial charge in [-0.05, 0) is 131 Å². The summed E-state index contributed by atoms with van der Waals surface area (Å²) in [5.74, 6) is -0.396. The molecule has 0 radical (unpaired) electrons. The summed E-state index contributed by atoms with van der Waals surface area (Å²) in [6, 6.07) is 40.1. The van der Waals surface area contributed by atoms with Crippen LogP contribution in [-0.2, 0) is 0 Å². The fraction of sp³-hybridized carbons (Fsp3) is 0.212. The summed E-state index contributed by atoms with van der Waals surface area (Å²) in [6.45, 7) is 15.3. The van der Waals surface area contributed by atoms with Crippen LogP contribution in [0, 0.1) is 61.2 Å². The second-order valence-corrected chi connectivity index (χ2v) is 17.0. The van der Waals surface area contributed by atoms with E-state index in [1.807, 2.05) is 100 Å². The first-order valence-corrected chi connectivity index (χ1v) is 22.6. The van der Waals surface area contributed by atoms with Gasteiger partial charge in [-0.25, -0.2) is 4.39 Å². The minimum absolute atomic E-state index is 0.148. The Morgan fingerprint density at radius 3 is 1.06 bits per heavy atom. The molecule has 2 nitrogen and oxygen atoms in total. The molecule has 1 aromatic heterocycles. The molecule has 0 atom stereocenters. The quantitative estimate of drug-likeness (QED) is 0.153. The highest BCUT2D eigenvalue weighted by Crippen LogP contribution is 2.26. The zero-order valence-electron chi connectivity index (χ0n) is 38.5. The summed E-state index contributed by atoms with van der Waals surface area (Å²) in [6.07, 6.45) is -5.46. The van der Waals surface area contributed by atoms with Gasteiger partial charge >= 0.3 is 12.5 Å². The van der Waals surface area contributed by atoms with Gasteiger partial charge in [-0.1, -0.05) is 178 Å². The molecule has 1 heterocycles. The Kier molecular flexibility index (Phi) is 31.3. The highest BCUT2D eigenvalue weighted by molar-refractivity contribution is 6.36. The van der Waals surface area contributed by atoms with Crippen LogP contribution in [0.4, 0.5) is 30.7 Å². The second-order valence-electron chi connectivity index (χ2n) is 14.1. The van der Waals surface area contributed by atoms with Crippen LogP contribution in [0.15, 0.2) is 146 Å². The Balaban J connectivity index is 0.000000761. The van der Waals surface area contributed by atoms with E-state index in [1.54, 1.807) is 50.5 Å². The molecule has 0 bridgehead atoms. The summed E-state index contributed by atoms with van der Waals surface area (Å²) in [4.78, 5) is 3.78. The Hall–Kier alpha value is -4.19. The number of hydrogen-bond donors (Lipinski definition) is 0. The Labute approximate surface area is 430 Å². The highest BCUT2D eigenvalue weighted by Gasteiger charge is 2.31. The molecule has 0 unspecified atom stereocenters. The second kappa shape index (κ2) is 33.4. The molecular weight excluding hydrogens is 1040 g/mol. The zero-order valence-corrected chi connectivity index (χ0v) is 43.8. The van der Waals surface area contributed by atoms with E-state index in [4.69, 9.17) is 81.2 Å². The summed E-state index contributed by atoms with van der Waals surface area (Å²) in [5, 5.41) is 4.85. The number of ether oxygens (including phenoxy) is 1. The number of alkyl halides is 6. The minimum Gasteiger partial charge on any atom is -0.406 e. The predicted octanol–water partition coefficient (Wildman–Crippen LogP) is 20.8. The number of nitrogens with zero attached hydrogens (tertiary/aromatic N) is 1. The van der Waals surface area contributed by atoms with Crippen LogP contribution in [0.3, 0.4) is 0 Å². The first kappa shape index (κ1) is 63.8. The molecule has 0 N–H and O–H groups in total. The van der Waals surface area contributed by atoms with Gasteiger partial charge in [-0.3, -0.25) is 4.98 Å². The molecule has 0 saturated carbocycles. The molecule has 7 aromatic rings. The molecule has 0 aliphatic carbocycles. The van der Waals surface area contributed by atoms with Gasteiger partial charge in [-0.15, -0.1) is 13.2 Å². The van der Waals surface area contributed by atoms with E-state index in [1.165, 1.54) is 34.9 Å². The van der Waals surface area contributed by atoms with Crippen LogP contribution in [0.25, 0.3) is 0 Å². The number of aromatic nitrogens is 1. The summed E-state index contributed by atoms with van der Waals surface area (Å²) >= 11 is 39.9. The number of halogens is 14. The Bertz CT molecular complexity index is 2220. The molecule has 0 spiro atoms. The maximum atomic E-state index is 12.5. The van der Waals surface area contributed by atoms with Gasteiger partial charge in [0.15, 0.2) is 0 Å². The monoisotopic (exact) mass is 1080 g/mol. The van der Waals surface area contributed by atoms with Crippen molar-refractivity contribution in [1.29, 1.82) is 0 Å². The molecule has 368 valence electrons. The lowest BCUT2D eigenvalue weighted by molar-refractivity contribution is -0.274. The number of aryl methyl sites for hydroxylation is 4. The van der Waals surface area contributed by atoms with E-state index in [0.29, 0.717) is 26.2 Å². The fourth-order valence-electron chi connectivity index (χ4n) is 4.23. The van der Waals surface area contributed by atoms with Crippen molar-refractivity contribution in [2.24, 2.45) is 0 Å². The lowest BCUT2D eigenvalue weighted by Crippen LogP contribution is -2.17. The maximum absolute atomic E-state index is 12.5. The molecule has 0 amide bonds. The third kappa shape index (κ3) is 30.3. The first-order chi connectivity index (χ1) is 31.5. The normalized spacial score (nSPS) is 9.99. The molecule has 0 fully saturated rings. The van der Waals surface area contributed by atoms with Crippen molar-refractivity contribution in [3.05, 3.63) is 231 Å². The van der Waals surface area contributed by atoms with Gasteiger partial charge < -0.3 is 4.74 Å². The first-order valence-electron chi connectivity index (χ1n) is 19.9. The van der Waals surface area contributed by atoms with E-state index in [-0.39, 0.29) is 18.5 Å². The van der Waals surface area contributed by atoms with Gasteiger partial charge in [0, 0.05) is 50.0 Å². The maximum Gasteiger partial charge on any atom is 0.573 e. The van der Waals surface area contributed by atoms with Gasteiger partial charge in [0.05, 0.1) is 10.0 Å². The molecule has 68 heavy (non-hydrogen) atoms. The summed E-state index contributed by atoms with van der Waals surface area (Å²) in [7, 11) is 0. The van der Waals surface area contributed by atoms with Crippen molar-refractivity contribution < 1.29 is 35.5 Å². The molecule has 0 aliphatic rings. The van der Waals surface area contributed by atoms with E-state index >= 15 is 0 Å². The summed E-state index contributed by atoms with van der Waals surface area (Å²) < 4.78 is 82.4. The number of pyridine rings is 1. The zero-order chi connectivity index (χ0) is 52.2. The number of para-hydroxylation sites is 1. The van der Waals surface area contributed by atoms with E-state index < -0.39 is 12.5 Å². The largest absolute Gasteiger partial charge is 0.573 e. The standard InChI is InChI=1S/C8H9Cl.C8H7F3O.C7H6Cl2.C7H6ClF.C7H7Cl.C7H8.C6H5Cl2N.C2H3F3/c1-6-4-3-5-8(9)7(6)2;1-6-4-2-3-5-7(6)12-8(9,10)11;2*1-5-6(8)3-2-4-7(5)9;1-6-4-2-3-5-7(6)8;1-7-5-3-2-4-6-7;1-4-5(7)2-9-3-6(4)8;1-2(3,4)5/h3-5H,1-2H3;2-5H,1H3;2*2-4H,1H3;2-5H,1H3;2-6H,1H3;2-3H,1H3;1H3. The fourth-order valence-corrected chi connectivity index (χ4v) is 5.52. The van der Waals surface area contributed by atoms with Crippen molar-refractivity contribution in [3.63, 3.8) is 0 Å². The molecule has 16 heteroatoms. The molecular formula is C52H51Cl7F7NO. The minimum atomic E-state index is -4.61. The average molecular weight is 1090 g/mol. The lowest BCUT2D eigenvalue weighted by atomic mass is 10.1. The smallest absolute Gasteiger partial charge is 0.406 e. The number of hydrogen-bond acceptors (Lipinski definition) is 2. The van der Waals surface area contributed by atoms with E-state index in [0.717, 1.165) is 36.8 Å². The van der Waals surface area contributed by atoms with Crippen LogP contribution in [0.1, 0.15) is 51.4 Å². The molecule has 0 aliphatic heterocycles. The molecule has 6 aromatic carbocycles. The predicted molar refractivity (Wildman–Crippen MR) is 274 cm³/mol. The third-order valence-corrected chi connectivity index (χ3v) is 11.2. The third-order valence-electron chi connectivity index (χ3n) is 8.37. The summed E-state index contributed by atoms with van der Waals surface area (Å²) in [5.41, 5.74) is 7.70. The number of benzene rings is 6. The Morgan fingerprint density at radius 1 is 0.382 bits per heavy atom. The van der Waals surface area contributed by atoms with Gasteiger partial charge in [0.25, 0.3) is 0 Å². The van der Waals surface area contributed by atoms with Crippen LogP contribution >= 0.6 is 81.2 Å². The highest BCUT2D eigenvalue weighted by atomic mass is 35.5. The average Bonchev–Trinajstić information content (AvgIpc) is 3.25. The van der Waals surface area contributed by atoms with E-state index in [2.05, 4.69) is 41.8 Å². The molecule has 0 saturated heterocycles.